The van der Waals surface area contributed by atoms with Crippen molar-refractivity contribution in [1.29, 1.82) is 0 Å². The van der Waals surface area contributed by atoms with Gasteiger partial charge in [-0.15, -0.1) is 0 Å². The highest BCUT2D eigenvalue weighted by atomic mass is 19.3. The molecule has 1 N–H and O–H groups in total. The van der Waals surface area contributed by atoms with E-state index in [0.717, 1.165) is 18.8 Å². The first-order chi connectivity index (χ1) is 11.5. The first-order valence-corrected chi connectivity index (χ1v) is 8.75. The molecule has 24 heavy (non-hydrogen) atoms. The average molecular weight is 340 g/mol. The number of halogens is 2. The van der Waals surface area contributed by atoms with E-state index in [9.17, 15) is 13.6 Å². The molecule has 0 spiro atoms. The summed E-state index contributed by atoms with van der Waals surface area (Å²) in [6.45, 7) is 1.34. The number of aliphatic hydroxyl groups is 1. The summed E-state index contributed by atoms with van der Waals surface area (Å²) in [4.78, 5) is 11.9. The highest BCUT2D eigenvalue weighted by molar-refractivity contribution is 5.89. The predicted octanol–water partition coefficient (Wildman–Crippen LogP) is 4.54. The van der Waals surface area contributed by atoms with Gasteiger partial charge in [0.15, 0.2) is 6.10 Å². The summed E-state index contributed by atoms with van der Waals surface area (Å²) >= 11 is 0. The third-order valence-corrected chi connectivity index (χ3v) is 4.88. The van der Waals surface area contributed by atoms with Crippen LogP contribution in [0.1, 0.15) is 67.3 Å². The highest BCUT2D eigenvalue weighted by Crippen LogP contribution is 2.37. The molecule has 3 nitrogen and oxygen atoms in total. The maximum absolute atomic E-state index is 12.5. The van der Waals surface area contributed by atoms with Crippen molar-refractivity contribution >= 4 is 5.97 Å². The molecule has 0 amide bonds. The number of carbonyl (C=O) groups is 1. The molecule has 1 unspecified atom stereocenters. The van der Waals surface area contributed by atoms with Gasteiger partial charge in [-0.25, -0.2) is 13.6 Å². The molecule has 1 aromatic carbocycles. The Kier molecular flexibility index (Phi) is 7.16. The molecule has 1 fully saturated rings. The number of ether oxygens (including phenoxy) is 1. The van der Waals surface area contributed by atoms with Gasteiger partial charge >= 0.3 is 5.97 Å². The lowest BCUT2D eigenvalue weighted by atomic mass is 9.77. The zero-order valence-electron chi connectivity index (χ0n) is 14.1. The molecule has 0 heterocycles. The van der Waals surface area contributed by atoms with Crippen LogP contribution in [0.4, 0.5) is 8.78 Å². The van der Waals surface area contributed by atoms with E-state index in [0.29, 0.717) is 5.92 Å². The average Bonchev–Trinajstić information content (AvgIpc) is 2.60. The van der Waals surface area contributed by atoms with Crippen LogP contribution in [0.3, 0.4) is 0 Å². The highest BCUT2D eigenvalue weighted by Gasteiger charge is 2.25. The van der Waals surface area contributed by atoms with E-state index in [4.69, 9.17) is 5.11 Å². The van der Waals surface area contributed by atoms with Gasteiger partial charge in [0.25, 0.3) is 6.43 Å². The standard InChI is InChI=1S/C19H26F2O3/c1-2-3-13-4-6-14(7-5-13)15-8-10-16(11-9-15)19(23)24-17(12-22)18(20)21/h8-11,13-14,17-18,22H,2-7,12H2,1H3. The van der Waals surface area contributed by atoms with Crippen LogP contribution in [0.15, 0.2) is 24.3 Å². The number of esters is 1. The van der Waals surface area contributed by atoms with Crippen molar-refractivity contribution in [3.8, 4) is 0 Å². The van der Waals surface area contributed by atoms with Crippen molar-refractivity contribution in [2.24, 2.45) is 5.92 Å². The number of rotatable bonds is 7. The second kappa shape index (κ2) is 9.11. The van der Waals surface area contributed by atoms with Gasteiger partial charge in [0.2, 0.25) is 0 Å². The molecule has 1 aliphatic carbocycles. The minimum Gasteiger partial charge on any atom is -0.450 e. The Labute approximate surface area is 142 Å². The van der Waals surface area contributed by atoms with E-state index in [1.54, 1.807) is 12.1 Å². The predicted molar refractivity (Wildman–Crippen MR) is 88.3 cm³/mol. The molecule has 0 radical (unpaired) electrons. The Morgan fingerprint density at radius 2 is 1.83 bits per heavy atom. The Bertz CT molecular complexity index is 508. The minimum absolute atomic E-state index is 0.234. The van der Waals surface area contributed by atoms with E-state index in [2.05, 4.69) is 11.7 Å². The summed E-state index contributed by atoms with van der Waals surface area (Å²) in [7, 11) is 0. The topological polar surface area (TPSA) is 46.5 Å². The molecule has 0 bridgehead atoms. The third-order valence-electron chi connectivity index (χ3n) is 4.88. The van der Waals surface area contributed by atoms with Gasteiger partial charge in [0.05, 0.1) is 12.2 Å². The summed E-state index contributed by atoms with van der Waals surface area (Å²) in [5, 5.41) is 8.81. The van der Waals surface area contributed by atoms with Gasteiger partial charge < -0.3 is 9.84 Å². The summed E-state index contributed by atoms with van der Waals surface area (Å²) < 4.78 is 29.7. The molecule has 5 heteroatoms. The van der Waals surface area contributed by atoms with Crippen LogP contribution in [0.2, 0.25) is 0 Å². The molecule has 2 rings (SSSR count). The number of alkyl halides is 2. The number of hydrogen-bond acceptors (Lipinski definition) is 3. The Hall–Kier alpha value is -1.49. The van der Waals surface area contributed by atoms with Crippen LogP contribution in [0, 0.1) is 5.92 Å². The molecule has 1 saturated carbocycles. The van der Waals surface area contributed by atoms with Crippen LogP contribution in [-0.2, 0) is 4.74 Å². The van der Waals surface area contributed by atoms with Crippen molar-refractivity contribution in [2.75, 3.05) is 6.61 Å². The largest absolute Gasteiger partial charge is 0.450 e. The zero-order chi connectivity index (χ0) is 17.5. The van der Waals surface area contributed by atoms with Gasteiger partial charge in [0.1, 0.15) is 0 Å². The lowest BCUT2D eigenvalue weighted by Gasteiger charge is -2.28. The summed E-state index contributed by atoms with van der Waals surface area (Å²) in [6.07, 6.45) is 2.68. The quantitative estimate of drug-likeness (QED) is 0.741. The fraction of sp³-hybridized carbons (Fsp3) is 0.632. The van der Waals surface area contributed by atoms with Gasteiger partial charge in [0, 0.05) is 0 Å². The van der Waals surface area contributed by atoms with Crippen LogP contribution in [-0.4, -0.2) is 30.2 Å². The zero-order valence-corrected chi connectivity index (χ0v) is 14.1. The van der Waals surface area contributed by atoms with Crippen LogP contribution in [0.5, 0.6) is 0 Å². The van der Waals surface area contributed by atoms with Gasteiger partial charge in [-0.2, -0.15) is 0 Å². The molecule has 1 aromatic rings. The van der Waals surface area contributed by atoms with Gasteiger partial charge in [-0.05, 0) is 55.2 Å². The second-order valence-corrected chi connectivity index (χ2v) is 6.59. The maximum atomic E-state index is 12.5. The number of hydrogen-bond donors (Lipinski definition) is 1. The molecule has 0 aromatic heterocycles. The Balaban J connectivity index is 1.92. The summed E-state index contributed by atoms with van der Waals surface area (Å²) in [5.41, 5.74) is 1.42. The van der Waals surface area contributed by atoms with Gasteiger partial charge in [-0.1, -0.05) is 31.9 Å². The van der Waals surface area contributed by atoms with Crippen LogP contribution in [0.25, 0.3) is 0 Å². The van der Waals surface area contributed by atoms with Crippen molar-refractivity contribution in [3.63, 3.8) is 0 Å². The van der Waals surface area contributed by atoms with E-state index in [1.165, 1.54) is 31.2 Å². The first-order valence-electron chi connectivity index (χ1n) is 8.75. The van der Waals surface area contributed by atoms with E-state index < -0.39 is 25.1 Å². The monoisotopic (exact) mass is 340 g/mol. The van der Waals surface area contributed by atoms with E-state index in [-0.39, 0.29) is 5.56 Å². The summed E-state index contributed by atoms with van der Waals surface area (Å²) in [5.74, 6) is 0.521. The molecular formula is C19H26F2O3. The third kappa shape index (κ3) is 5.00. The first kappa shape index (κ1) is 18.8. The van der Waals surface area contributed by atoms with Gasteiger partial charge in [-0.3, -0.25) is 0 Å². The van der Waals surface area contributed by atoms with Crippen molar-refractivity contribution in [3.05, 3.63) is 35.4 Å². The van der Waals surface area contributed by atoms with Crippen molar-refractivity contribution in [2.45, 2.75) is 63.9 Å². The normalized spacial score (nSPS) is 22.4. The smallest absolute Gasteiger partial charge is 0.338 e. The Morgan fingerprint density at radius 3 is 2.33 bits per heavy atom. The van der Waals surface area contributed by atoms with E-state index >= 15 is 0 Å². The fourth-order valence-electron chi connectivity index (χ4n) is 3.46. The van der Waals surface area contributed by atoms with Crippen molar-refractivity contribution < 1.29 is 23.4 Å². The molecule has 134 valence electrons. The second-order valence-electron chi connectivity index (χ2n) is 6.59. The molecule has 0 aliphatic heterocycles. The number of benzene rings is 1. The number of aliphatic hydroxyl groups excluding tert-OH is 1. The molecule has 0 saturated heterocycles. The molecule has 1 atom stereocenters. The lowest BCUT2D eigenvalue weighted by Crippen LogP contribution is -2.29. The van der Waals surface area contributed by atoms with Crippen LogP contribution >= 0.6 is 0 Å². The van der Waals surface area contributed by atoms with E-state index in [1.807, 2.05) is 12.1 Å². The van der Waals surface area contributed by atoms with Crippen LogP contribution < -0.4 is 0 Å². The maximum Gasteiger partial charge on any atom is 0.338 e. The SMILES string of the molecule is CCCC1CCC(c2ccc(C(=O)OC(CO)C(F)F)cc2)CC1. The Morgan fingerprint density at radius 1 is 1.21 bits per heavy atom. The molecule has 1 aliphatic rings. The van der Waals surface area contributed by atoms with Crippen molar-refractivity contribution in [1.82, 2.24) is 0 Å². The lowest BCUT2D eigenvalue weighted by molar-refractivity contribution is -0.0546. The number of carbonyl (C=O) groups excluding carboxylic acids is 1. The fourth-order valence-corrected chi connectivity index (χ4v) is 3.46. The molecular weight excluding hydrogens is 314 g/mol. The minimum atomic E-state index is -2.89. The summed E-state index contributed by atoms with van der Waals surface area (Å²) in [6, 6.07) is 7.01.